The van der Waals surface area contributed by atoms with Gasteiger partial charge in [0.25, 0.3) is 0 Å². The van der Waals surface area contributed by atoms with Crippen LogP contribution < -0.4 is 5.73 Å². The maximum atomic E-state index is 5.87. The molecule has 1 aliphatic carbocycles. The number of halogens is 1. The average molecular weight is 242 g/mol. The number of hydrogen-bond donors (Lipinski definition) is 1. The predicted octanol–water partition coefficient (Wildman–Crippen LogP) is 2.85. The summed E-state index contributed by atoms with van der Waals surface area (Å²) < 4.78 is 5.87. The Kier molecular flexibility index (Phi) is 5.81. The summed E-state index contributed by atoms with van der Waals surface area (Å²) in [6.45, 7) is 1.50. The maximum absolute atomic E-state index is 5.87. The molecule has 1 aromatic rings. The molecule has 1 unspecified atom stereocenters. The first-order valence-corrected chi connectivity index (χ1v) is 5.81. The fraction of sp³-hybridized carbons (Fsp3) is 0.538. The molecule has 0 saturated carbocycles. The van der Waals surface area contributed by atoms with Gasteiger partial charge in [0.1, 0.15) is 0 Å². The van der Waals surface area contributed by atoms with E-state index in [-0.39, 0.29) is 12.4 Å². The number of aryl methyl sites for hydroxylation is 1. The van der Waals surface area contributed by atoms with E-state index in [1.165, 1.54) is 24.0 Å². The molecule has 0 saturated heterocycles. The molecule has 0 radical (unpaired) electrons. The van der Waals surface area contributed by atoms with E-state index in [1.807, 2.05) is 0 Å². The van der Waals surface area contributed by atoms with E-state index < -0.39 is 0 Å². The van der Waals surface area contributed by atoms with Crippen LogP contribution in [0.5, 0.6) is 0 Å². The van der Waals surface area contributed by atoms with Gasteiger partial charge < -0.3 is 10.5 Å². The third-order valence-electron chi connectivity index (χ3n) is 2.98. The van der Waals surface area contributed by atoms with E-state index in [4.69, 9.17) is 10.5 Å². The van der Waals surface area contributed by atoms with Crippen molar-refractivity contribution in [2.45, 2.75) is 31.8 Å². The van der Waals surface area contributed by atoms with Crippen molar-refractivity contribution in [2.75, 3.05) is 13.2 Å². The topological polar surface area (TPSA) is 35.2 Å². The lowest BCUT2D eigenvalue weighted by Gasteiger charge is -2.25. The molecule has 2 rings (SSSR count). The largest absolute Gasteiger partial charge is 0.373 e. The van der Waals surface area contributed by atoms with Gasteiger partial charge in [-0.15, -0.1) is 12.4 Å². The zero-order valence-corrected chi connectivity index (χ0v) is 10.3. The highest BCUT2D eigenvalue weighted by atomic mass is 35.5. The van der Waals surface area contributed by atoms with Gasteiger partial charge in [-0.3, -0.25) is 0 Å². The maximum Gasteiger partial charge on any atom is 0.0827 e. The molecule has 0 bridgehead atoms. The summed E-state index contributed by atoms with van der Waals surface area (Å²) in [5.74, 6) is 0. The van der Waals surface area contributed by atoms with E-state index in [2.05, 4.69) is 24.3 Å². The third kappa shape index (κ3) is 3.21. The molecule has 2 nitrogen and oxygen atoms in total. The van der Waals surface area contributed by atoms with Crippen LogP contribution in [0, 0.1) is 0 Å². The van der Waals surface area contributed by atoms with Crippen LogP contribution in [0.2, 0.25) is 0 Å². The molecular weight excluding hydrogens is 222 g/mol. The molecule has 0 aromatic heterocycles. The van der Waals surface area contributed by atoms with Crippen molar-refractivity contribution in [3.63, 3.8) is 0 Å². The van der Waals surface area contributed by atoms with Gasteiger partial charge in [0.05, 0.1) is 6.10 Å². The van der Waals surface area contributed by atoms with Crippen molar-refractivity contribution in [1.29, 1.82) is 0 Å². The van der Waals surface area contributed by atoms with Crippen molar-refractivity contribution in [2.24, 2.45) is 5.73 Å². The molecule has 0 heterocycles. The minimum atomic E-state index is 0. The second-order valence-electron chi connectivity index (χ2n) is 4.09. The molecule has 2 N–H and O–H groups in total. The zero-order chi connectivity index (χ0) is 10.5. The molecular formula is C13H20ClNO. The monoisotopic (exact) mass is 241 g/mol. The molecule has 1 aliphatic rings. The predicted molar refractivity (Wildman–Crippen MR) is 69.0 cm³/mol. The van der Waals surface area contributed by atoms with Crippen LogP contribution in [-0.2, 0) is 11.2 Å². The fourth-order valence-electron chi connectivity index (χ4n) is 2.19. The van der Waals surface area contributed by atoms with Gasteiger partial charge in [-0.25, -0.2) is 0 Å². The van der Waals surface area contributed by atoms with Crippen molar-refractivity contribution >= 4 is 12.4 Å². The Morgan fingerprint density at radius 2 is 2.12 bits per heavy atom. The van der Waals surface area contributed by atoms with Crippen LogP contribution in [-0.4, -0.2) is 13.2 Å². The Morgan fingerprint density at radius 3 is 2.94 bits per heavy atom. The molecule has 0 amide bonds. The van der Waals surface area contributed by atoms with Crippen molar-refractivity contribution in [1.82, 2.24) is 0 Å². The number of benzene rings is 1. The number of hydrogen-bond acceptors (Lipinski definition) is 2. The number of fused-ring (bicyclic) bond motifs is 1. The summed E-state index contributed by atoms with van der Waals surface area (Å²) in [5, 5.41) is 0. The second kappa shape index (κ2) is 6.89. The number of rotatable bonds is 4. The van der Waals surface area contributed by atoms with Gasteiger partial charge in [0, 0.05) is 6.61 Å². The average Bonchev–Trinajstić information content (AvgIpc) is 2.30. The molecule has 1 atom stereocenters. The quantitative estimate of drug-likeness (QED) is 0.823. The molecule has 3 heteroatoms. The van der Waals surface area contributed by atoms with Crippen LogP contribution in [0.1, 0.15) is 36.5 Å². The minimum Gasteiger partial charge on any atom is -0.373 e. The van der Waals surface area contributed by atoms with Gasteiger partial charge in [-0.05, 0) is 43.4 Å². The van der Waals surface area contributed by atoms with Gasteiger partial charge in [-0.2, -0.15) is 0 Å². The van der Waals surface area contributed by atoms with Crippen LogP contribution in [0.3, 0.4) is 0 Å². The Hall–Kier alpha value is -0.570. The van der Waals surface area contributed by atoms with Crippen molar-refractivity contribution in [3.8, 4) is 0 Å². The molecule has 0 fully saturated rings. The van der Waals surface area contributed by atoms with E-state index in [0.29, 0.717) is 12.6 Å². The van der Waals surface area contributed by atoms with E-state index in [1.54, 1.807) is 0 Å². The summed E-state index contributed by atoms with van der Waals surface area (Å²) in [7, 11) is 0. The van der Waals surface area contributed by atoms with E-state index in [9.17, 15) is 0 Å². The molecule has 16 heavy (non-hydrogen) atoms. The van der Waals surface area contributed by atoms with Crippen molar-refractivity contribution in [3.05, 3.63) is 35.4 Å². The van der Waals surface area contributed by atoms with Gasteiger partial charge >= 0.3 is 0 Å². The van der Waals surface area contributed by atoms with Gasteiger partial charge in [-0.1, -0.05) is 24.3 Å². The smallest absolute Gasteiger partial charge is 0.0827 e. The Bertz CT molecular complexity index is 317. The first-order chi connectivity index (χ1) is 7.42. The first kappa shape index (κ1) is 13.5. The minimum absolute atomic E-state index is 0. The lowest BCUT2D eigenvalue weighted by Crippen LogP contribution is -2.14. The van der Waals surface area contributed by atoms with Gasteiger partial charge in [0.15, 0.2) is 0 Å². The highest BCUT2D eigenvalue weighted by Gasteiger charge is 2.19. The van der Waals surface area contributed by atoms with E-state index in [0.717, 1.165) is 19.4 Å². The SMILES string of the molecule is Cl.NCCCOC1CCCc2ccccc21. The standard InChI is InChI=1S/C13H19NO.ClH/c14-9-4-10-15-13-8-3-6-11-5-1-2-7-12(11)13;/h1-2,5,7,13H,3-4,6,8-10,14H2;1H. The highest BCUT2D eigenvalue weighted by Crippen LogP contribution is 2.32. The normalized spacial score (nSPS) is 18.7. The molecule has 0 aliphatic heterocycles. The Morgan fingerprint density at radius 1 is 1.31 bits per heavy atom. The summed E-state index contributed by atoms with van der Waals surface area (Å²) in [4.78, 5) is 0. The lowest BCUT2D eigenvalue weighted by molar-refractivity contribution is 0.0402. The summed E-state index contributed by atoms with van der Waals surface area (Å²) in [5.41, 5.74) is 8.31. The molecule has 1 aromatic carbocycles. The molecule has 0 spiro atoms. The van der Waals surface area contributed by atoms with Crippen LogP contribution in [0.4, 0.5) is 0 Å². The Labute approximate surface area is 104 Å². The van der Waals surface area contributed by atoms with Crippen molar-refractivity contribution < 1.29 is 4.74 Å². The van der Waals surface area contributed by atoms with Crippen LogP contribution in [0.15, 0.2) is 24.3 Å². The third-order valence-corrected chi connectivity index (χ3v) is 2.98. The number of ether oxygens (including phenoxy) is 1. The second-order valence-corrected chi connectivity index (χ2v) is 4.09. The highest BCUT2D eigenvalue weighted by molar-refractivity contribution is 5.85. The van der Waals surface area contributed by atoms with Gasteiger partial charge in [0.2, 0.25) is 0 Å². The first-order valence-electron chi connectivity index (χ1n) is 5.81. The van der Waals surface area contributed by atoms with E-state index >= 15 is 0 Å². The van der Waals surface area contributed by atoms with Crippen LogP contribution >= 0.6 is 12.4 Å². The summed E-state index contributed by atoms with van der Waals surface area (Å²) >= 11 is 0. The number of nitrogens with two attached hydrogens (primary N) is 1. The molecule has 90 valence electrons. The fourth-order valence-corrected chi connectivity index (χ4v) is 2.19. The Balaban J connectivity index is 0.00000128. The summed E-state index contributed by atoms with van der Waals surface area (Å²) in [6.07, 6.45) is 4.86. The lowest BCUT2D eigenvalue weighted by atomic mass is 9.89. The summed E-state index contributed by atoms with van der Waals surface area (Å²) in [6, 6.07) is 8.62. The van der Waals surface area contributed by atoms with Crippen LogP contribution in [0.25, 0.3) is 0 Å². The zero-order valence-electron chi connectivity index (χ0n) is 9.52.